The molecule has 3 N–H and O–H groups in total. The van der Waals surface area contributed by atoms with Crippen LogP contribution in [0.25, 0.3) is 0 Å². The monoisotopic (exact) mass is 459 g/mol. The maximum absolute atomic E-state index is 13.1. The molecule has 7 nitrogen and oxygen atoms in total. The Labute approximate surface area is 194 Å². The first-order valence-corrected chi connectivity index (χ1v) is 11.0. The van der Waals surface area contributed by atoms with Crippen molar-refractivity contribution < 1.29 is 18.8 Å². The third kappa shape index (κ3) is 5.36. The number of carbonyl (C=O) groups excluding carboxylic acids is 3. The van der Waals surface area contributed by atoms with Crippen LogP contribution < -0.4 is 16.0 Å². The molecule has 0 aliphatic rings. The number of nitrogens with one attached hydrogen (secondary N) is 3. The molecule has 2 aromatic heterocycles. The largest absolute Gasteiger partial charge is 0.459 e. The molecule has 2 aromatic carbocycles. The van der Waals surface area contributed by atoms with Gasteiger partial charge in [0.1, 0.15) is 6.04 Å². The summed E-state index contributed by atoms with van der Waals surface area (Å²) in [6.07, 6.45) is 1.41. The van der Waals surface area contributed by atoms with Gasteiger partial charge in [-0.25, -0.2) is 0 Å². The average molecular weight is 460 g/mol. The summed E-state index contributed by atoms with van der Waals surface area (Å²) in [4.78, 5) is 38.8. The summed E-state index contributed by atoms with van der Waals surface area (Å²) >= 11 is 1.13. The van der Waals surface area contributed by atoms with Gasteiger partial charge in [-0.2, -0.15) is 0 Å². The van der Waals surface area contributed by atoms with Crippen LogP contribution in [-0.2, 0) is 4.79 Å². The predicted molar refractivity (Wildman–Crippen MR) is 127 cm³/mol. The van der Waals surface area contributed by atoms with E-state index >= 15 is 0 Å². The van der Waals surface area contributed by atoms with E-state index in [0.717, 1.165) is 11.3 Å². The second-order valence-corrected chi connectivity index (χ2v) is 8.28. The van der Waals surface area contributed by atoms with Gasteiger partial charge in [-0.1, -0.05) is 48.5 Å². The van der Waals surface area contributed by atoms with Crippen LogP contribution in [-0.4, -0.2) is 17.7 Å². The molecule has 4 aromatic rings. The number of anilines is 2. The second-order valence-electron chi connectivity index (χ2n) is 7.23. The first kappa shape index (κ1) is 22.0. The van der Waals surface area contributed by atoms with Gasteiger partial charge < -0.3 is 20.4 Å². The number of para-hydroxylation sites is 1. The Bertz CT molecular complexity index is 1250. The Hall–Kier alpha value is -4.17. The third-order valence-corrected chi connectivity index (χ3v) is 5.97. The van der Waals surface area contributed by atoms with Crippen LogP contribution >= 0.6 is 11.3 Å². The standard InChI is InChI=1S/C25H21N3O4S/c1-16-15-20(27-23(29)19-13-8-14-32-19)33-22(16)25(31)28-21(17-9-4-2-5-10-17)24(30)26-18-11-6-3-7-12-18/h2-15,21H,1H3,(H,26,30)(H,27,29)(H,28,31). The van der Waals surface area contributed by atoms with Crippen LogP contribution in [0.4, 0.5) is 10.7 Å². The third-order valence-electron chi connectivity index (χ3n) is 4.82. The highest BCUT2D eigenvalue weighted by Gasteiger charge is 2.25. The zero-order valence-corrected chi connectivity index (χ0v) is 18.5. The van der Waals surface area contributed by atoms with Crippen LogP contribution in [0.3, 0.4) is 0 Å². The minimum absolute atomic E-state index is 0.175. The predicted octanol–water partition coefficient (Wildman–Crippen LogP) is 5.01. The van der Waals surface area contributed by atoms with Crippen LogP contribution in [0.5, 0.6) is 0 Å². The highest BCUT2D eigenvalue weighted by molar-refractivity contribution is 7.18. The molecule has 166 valence electrons. The fourth-order valence-electron chi connectivity index (χ4n) is 3.23. The lowest BCUT2D eigenvalue weighted by molar-refractivity contribution is -0.118. The van der Waals surface area contributed by atoms with E-state index in [0.29, 0.717) is 26.7 Å². The van der Waals surface area contributed by atoms with Gasteiger partial charge in [0.25, 0.3) is 17.7 Å². The number of rotatable bonds is 7. The van der Waals surface area contributed by atoms with E-state index in [1.165, 1.54) is 6.26 Å². The Kier molecular flexibility index (Phi) is 6.66. The Morgan fingerprint density at radius 1 is 0.848 bits per heavy atom. The zero-order valence-electron chi connectivity index (χ0n) is 17.7. The fourth-order valence-corrected chi connectivity index (χ4v) is 4.20. The summed E-state index contributed by atoms with van der Waals surface area (Å²) in [5, 5.41) is 8.91. The van der Waals surface area contributed by atoms with Crippen LogP contribution in [0.1, 0.15) is 37.4 Å². The Morgan fingerprint density at radius 3 is 2.21 bits per heavy atom. The van der Waals surface area contributed by atoms with Gasteiger partial charge in [-0.05, 0) is 48.4 Å². The van der Waals surface area contributed by atoms with Gasteiger partial charge in [0.15, 0.2) is 5.76 Å². The number of carbonyl (C=O) groups is 3. The SMILES string of the molecule is Cc1cc(NC(=O)c2ccco2)sc1C(=O)NC(C(=O)Nc1ccccc1)c1ccccc1. The smallest absolute Gasteiger partial charge is 0.291 e. The summed E-state index contributed by atoms with van der Waals surface area (Å²) < 4.78 is 5.10. The molecule has 0 bridgehead atoms. The molecule has 0 fully saturated rings. The molecule has 0 aliphatic carbocycles. The van der Waals surface area contributed by atoms with Crippen LogP contribution in [0.2, 0.25) is 0 Å². The van der Waals surface area contributed by atoms with Crippen molar-refractivity contribution in [3.05, 3.63) is 107 Å². The molecule has 2 heterocycles. The summed E-state index contributed by atoms with van der Waals surface area (Å²) in [5.41, 5.74) is 1.97. The van der Waals surface area contributed by atoms with Crippen molar-refractivity contribution in [3.8, 4) is 0 Å². The molecular weight excluding hydrogens is 438 g/mol. The van der Waals surface area contributed by atoms with Crippen molar-refractivity contribution in [2.45, 2.75) is 13.0 Å². The lowest BCUT2D eigenvalue weighted by Crippen LogP contribution is -2.36. The molecular formula is C25H21N3O4S. The van der Waals surface area contributed by atoms with Crippen molar-refractivity contribution in [1.29, 1.82) is 0 Å². The van der Waals surface area contributed by atoms with E-state index in [-0.39, 0.29) is 11.7 Å². The molecule has 0 aliphatic heterocycles. The summed E-state index contributed by atoms with van der Waals surface area (Å²) in [5.74, 6) is -0.999. The Morgan fingerprint density at radius 2 is 1.55 bits per heavy atom. The van der Waals surface area contributed by atoms with E-state index in [2.05, 4.69) is 16.0 Å². The quantitative estimate of drug-likeness (QED) is 0.362. The lowest BCUT2D eigenvalue weighted by atomic mass is 10.1. The van der Waals surface area contributed by atoms with Crippen molar-refractivity contribution in [2.75, 3.05) is 10.6 Å². The number of furan rings is 1. The van der Waals surface area contributed by atoms with Crippen LogP contribution in [0.15, 0.2) is 89.5 Å². The summed E-state index contributed by atoms with van der Waals surface area (Å²) in [6, 6.07) is 22.1. The van der Waals surface area contributed by atoms with E-state index in [9.17, 15) is 14.4 Å². The number of aryl methyl sites for hydroxylation is 1. The van der Waals surface area contributed by atoms with Gasteiger partial charge >= 0.3 is 0 Å². The number of benzene rings is 2. The van der Waals surface area contributed by atoms with Gasteiger partial charge in [0, 0.05) is 5.69 Å². The van der Waals surface area contributed by atoms with E-state index < -0.39 is 17.9 Å². The van der Waals surface area contributed by atoms with Crippen molar-refractivity contribution >= 4 is 39.7 Å². The molecule has 33 heavy (non-hydrogen) atoms. The summed E-state index contributed by atoms with van der Waals surface area (Å²) in [7, 11) is 0. The molecule has 0 saturated carbocycles. The normalized spacial score (nSPS) is 11.4. The molecule has 8 heteroatoms. The lowest BCUT2D eigenvalue weighted by Gasteiger charge is -2.19. The second kappa shape index (κ2) is 9.97. The van der Waals surface area contributed by atoms with Crippen LogP contribution in [0, 0.1) is 6.92 Å². The van der Waals surface area contributed by atoms with Gasteiger partial charge in [-0.15, -0.1) is 11.3 Å². The van der Waals surface area contributed by atoms with Gasteiger partial charge in [-0.3, -0.25) is 14.4 Å². The van der Waals surface area contributed by atoms with Gasteiger partial charge in [0.2, 0.25) is 0 Å². The highest BCUT2D eigenvalue weighted by atomic mass is 32.1. The maximum atomic E-state index is 13.1. The minimum Gasteiger partial charge on any atom is -0.459 e. The average Bonchev–Trinajstić information content (AvgIpc) is 3.48. The molecule has 4 rings (SSSR count). The number of hydrogen-bond acceptors (Lipinski definition) is 5. The van der Waals surface area contributed by atoms with Crippen molar-refractivity contribution in [1.82, 2.24) is 5.32 Å². The van der Waals surface area contributed by atoms with E-state index in [4.69, 9.17) is 4.42 Å². The van der Waals surface area contributed by atoms with E-state index in [1.54, 1.807) is 49.4 Å². The maximum Gasteiger partial charge on any atom is 0.291 e. The summed E-state index contributed by atoms with van der Waals surface area (Å²) in [6.45, 7) is 1.77. The first-order valence-electron chi connectivity index (χ1n) is 10.2. The number of thiophene rings is 1. The minimum atomic E-state index is -0.901. The Balaban J connectivity index is 1.52. The van der Waals surface area contributed by atoms with Crippen molar-refractivity contribution in [3.63, 3.8) is 0 Å². The number of amides is 3. The molecule has 0 saturated heterocycles. The molecule has 1 atom stereocenters. The zero-order chi connectivity index (χ0) is 23.2. The first-order chi connectivity index (χ1) is 16.0. The molecule has 3 amide bonds. The topological polar surface area (TPSA) is 100 Å². The number of hydrogen-bond donors (Lipinski definition) is 3. The highest BCUT2D eigenvalue weighted by Crippen LogP contribution is 2.28. The molecule has 1 unspecified atom stereocenters. The van der Waals surface area contributed by atoms with Gasteiger partial charge in [0.05, 0.1) is 16.1 Å². The van der Waals surface area contributed by atoms with Crippen molar-refractivity contribution in [2.24, 2.45) is 0 Å². The molecule has 0 radical (unpaired) electrons. The fraction of sp³-hybridized carbons (Fsp3) is 0.0800. The van der Waals surface area contributed by atoms with E-state index in [1.807, 2.05) is 36.4 Å². The molecule has 0 spiro atoms.